The van der Waals surface area contributed by atoms with Gasteiger partial charge in [0.2, 0.25) is 0 Å². The number of carbonyl (C=O) groups excluding carboxylic acids is 1. The van der Waals surface area contributed by atoms with Crippen LogP contribution >= 0.6 is 0 Å². The molecule has 32 heavy (non-hydrogen) atoms. The summed E-state index contributed by atoms with van der Waals surface area (Å²) in [4.78, 5) is 11.7. The molecule has 0 aliphatic carbocycles. The van der Waals surface area contributed by atoms with Gasteiger partial charge in [0.25, 0.3) is 5.79 Å². The van der Waals surface area contributed by atoms with Crippen molar-refractivity contribution in [2.45, 2.75) is 25.6 Å². The predicted molar refractivity (Wildman–Crippen MR) is 117 cm³/mol. The molecule has 2 aromatic rings. The SMILES string of the molecule is COC(=O)[C@]1(C)OC[C@H](Cc2ccc(OCCc3ccc(OS(C)(=O)=O)cc3)cc2)CO1. The van der Waals surface area contributed by atoms with Crippen molar-refractivity contribution < 1.29 is 36.3 Å². The van der Waals surface area contributed by atoms with E-state index in [1.807, 2.05) is 36.4 Å². The van der Waals surface area contributed by atoms with Crippen LogP contribution in [0.25, 0.3) is 0 Å². The highest BCUT2D eigenvalue weighted by Gasteiger charge is 2.41. The van der Waals surface area contributed by atoms with E-state index in [9.17, 15) is 13.2 Å². The van der Waals surface area contributed by atoms with Gasteiger partial charge in [-0.1, -0.05) is 24.3 Å². The topological polar surface area (TPSA) is 97.4 Å². The van der Waals surface area contributed by atoms with Gasteiger partial charge in [0.1, 0.15) is 11.5 Å². The molecule has 0 bridgehead atoms. The number of hydrogen-bond acceptors (Lipinski definition) is 8. The largest absolute Gasteiger partial charge is 0.493 e. The van der Waals surface area contributed by atoms with Crippen molar-refractivity contribution in [2.24, 2.45) is 5.92 Å². The highest BCUT2D eigenvalue weighted by Crippen LogP contribution is 2.25. The molecule has 2 aromatic carbocycles. The van der Waals surface area contributed by atoms with Gasteiger partial charge in [-0.05, 0) is 41.8 Å². The van der Waals surface area contributed by atoms with Gasteiger partial charge < -0.3 is 23.1 Å². The van der Waals surface area contributed by atoms with Crippen LogP contribution in [0.2, 0.25) is 0 Å². The Bertz CT molecular complexity index is 991. The molecular formula is C23H28O8S. The molecule has 0 N–H and O–H groups in total. The molecule has 0 atom stereocenters. The Kier molecular flexibility index (Phi) is 7.76. The second-order valence-corrected chi connectivity index (χ2v) is 9.38. The molecule has 1 saturated heterocycles. The third-order valence-electron chi connectivity index (χ3n) is 5.02. The molecule has 9 heteroatoms. The lowest BCUT2D eigenvalue weighted by atomic mass is 9.99. The van der Waals surface area contributed by atoms with E-state index < -0.39 is 21.9 Å². The highest BCUT2D eigenvalue weighted by atomic mass is 32.2. The summed E-state index contributed by atoms with van der Waals surface area (Å²) in [7, 11) is -2.22. The first-order valence-electron chi connectivity index (χ1n) is 10.2. The first-order valence-corrected chi connectivity index (χ1v) is 12.0. The normalized spacial score (nSPS) is 21.0. The Morgan fingerprint density at radius 3 is 2.12 bits per heavy atom. The minimum atomic E-state index is -3.52. The Morgan fingerprint density at radius 2 is 1.56 bits per heavy atom. The van der Waals surface area contributed by atoms with Gasteiger partial charge in [-0.3, -0.25) is 0 Å². The van der Waals surface area contributed by atoms with E-state index in [1.165, 1.54) is 7.11 Å². The average molecular weight is 465 g/mol. The molecule has 0 amide bonds. The minimum Gasteiger partial charge on any atom is -0.493 e. The maximum Gasteiger partial charge on any atom is 0.366 e. The van der Waals surface area contributed by atoms with Crippen LogP contribution in [0.1, 0.15) is 18.1 Å². The molecule has 0 radical (unpaired) electrons. The Hall–Kier alpha value is -2.62. The van der Waals surface area contributed by atoms with E-state index in [0.717, 1.165) is 29.6 Å². The number of hydrogen-bond donors (Lipinski definition) is 0. The monoisotopic (exact) mass is 464 g/mol. The summed E-state index contributed by atoms with van der Waals surface area (Å²) in [6.07, 6.45) is 2.45. The number of ether oxygens (including phenoxy) is 4. The summed E-state index contributed by atoms with van der Waals surface area (Å²) in [5, 5.41) is 0. The smallest absolute Gasteiger partial charge is 0.366 e. The maximum absolute atomic E-state index is 11.7. The zero-order valence-electron chi connectivity index (χ0n) is 18.4. The van der Waals surface area contributed by atoms with Gasteiger partial charge in [-0.15, -0.1) is 0 Å². The van der Waals surface area contributed by atoms with Crippen LogP contribution in [0.5, 0.6) is 11.5 Å². The second kappa shape index (κ2) is 10.3. The lowest BCUT2D eigenvalue weighted by Gasteiger charge is -2.35. The van der Waals surface area contributed by atoms with Crippen molar-refractivity contribution in [1.29, 1.82) is 0 Å². The molecule has 0 aromatic heterocycles. The summed E-state index contributed by atoms with van der Waals surface area (Å²) in [5.74, 6) is -0.661. The zero-order chi connectivity index (χ0) is 23.2. The summed E-state index contributed by atoms with van der Waals surface area (Å²) in [6, 6.07) is 14.7. The molecule has 0 spiro atoms. The fourth-order valence-electron chi connectivity index (χ4n) is 3.29. The minimum absolute atomic E-state index is 0.147. The van der Waals surface area contributed by atoms with Crippen LogP contribution in [0.3, 0.4) is 0 Å². The summed E-state index contributed by atoms with van der Waals surface area (Å²) in [6.45, 7) is 2.89. The molecule has 1 heterocycles. The second-order valence-electron chi connectivity index (χ2n) is 7.80. The van der Waals surface area contributed by atoms with Crippen molar-refractivity contribution >= 4 is 16.1 Å². The van der Waals surface area contributed by atoms with Gasteiger partial charge in [0.15, 0.2) is 0 Å². The van der Waals surface area contributed by atoms with Crippen molar-refractivity contribution in [2.75, 3.05) is 33.2 Å². The summed E-state index contributed by atoms with van der Waals surface area (Å²) in [5.41, 5.74) is 2.14. The number of carbonyl (C=O) groups is 1. The number of rotatable bonds is 9. The third kappa shape index (κ3) is 6.94. The third-order valence-corrected chi connectivity index (χ3v) is 5.52. The fraction of sp³-hybridized carbons (Fsp3) is 0.435. The molecular weight excluding hydrogens is 436 g/mol. The molecule has 1 fully saturated rings. The first-order chi connectivity index (χ1) is 15.2. The quantitative estimate of drug-likeness (QED) is 0.413. The van der Waals surface area contributed by atoms with Crippen LogP contribution in [0.4, 0.5) is 0 Å². The number of esters is 1. The average Bonchev–Trinajstić information content (AvgIpc) is 2.76. The van der Waals surface area contributed by atoms with Gasteiger partial charge in [-0.25, -0.2) is 4.79 Å². The van der Waals surface area contributed by atoms with Gasteiger partial charge in [0.05, 0.1) is 33.2 Å². The van der Waals surface area contributed by atoms with E-state index >= 15 is 0 Å². The van der Waals surface area contributed by atoms with Crippen molar-refractivity contribution in [1.82, 2.24) is 0 Å². The van der Waals surface area contributed by atoms with E-state index in [1.54, 1.807) is 19.1 Å². The van der Waals surface area contributed by atoms with Crippen LogP contribution in [0, 0.1) is 5.92 Å². The van der Waals surface area contributed by atoms with Crippen molar-refractivity contribution in [3.05, 3.63) is 59.7 Å². The van der Waals surface area contributed by atoms with E-state index in [2.05, 4.69) is 0 Å². The molecule has 8 nitrogen and oxygen atoms in total. The standard InChI is InChI=1S/C23H28O8S/c1-23(22(24)27-2)29-15-19(16-30-23)14-18-6-8-20(9-7-18)28-13-12-17-4-10-21(11-5-17)31-32(3,25)26/h4-11,19H,12-16H2,1-3H3/t19-,23+. The fourth-order valence-corrected chi connectivity index (χ4v) is 3.75. The predicted octanol–water partition coefficient (Wildman–Crippen LogP) is 2.74. The Labute approximate surface area is 188 Å². The van der Waals surface area contributed by atoms with E-state index in [0.29, 0.717) is 26.2 Å². The van der Waals surface area contributed by atoms with Gasteiger partial charge >= 0.3 is 16.1 Å². The van der Waals surface area contributed by atoms with Crippen LogP contribution in [-0.4, -0.2) is 53.4 Å². The van der Waals surface area contributed by atoms with Crippen LogP contribution < -0.4 is 8.92 Å². The lowest BCUT2D eigenvalue weighted by molar-refractivity contribution is -0.272. The number of benzene rings is 2. The van der Waals surface area contributed by atoms with Gasteiger partial charge in [0, 0.05) is 19.3 Å². The summed E-state index contributed by atoms with van der Waals surface area (Å²) >= 11 is 0. The van der Waals surface area contributed by atoms with Crippen molar-refractivity contribution in [3.63, 3.8) is 0 Å². The maximum atomic E-state index is 11.7. The Morgan fingerprint density at radius 1 is 1.00 bits per heavy atom. The van der Waals surface area contributed by atoms with E-state index in [-0.39, 0.29) is 11.7 Å². The summed E-state index contributed by atoms with van der Waals surface area (Å²) < 4.78 is 48.8. The van der Waals surface area contributed by atoms with Gasteiger partial charge in [-0.2, -0.15) is 8.42 Å². The molecule has 0 saturated carbocycles. The van der Waals surface area contributed by atoms with E-state index in [4.69, 9.17) is 23.1 Å². The Balaban J connectivity index is 1.42. The molecule has 174 valence electrons. The lowest BCUT2D eigenvalue weighted by Crippen LogP contribution is -2.48. The first kappa shape index (κ1) is 24.0. The van der Waals surface area contributed by atoms with Crippen molar-refractivity contribution in [3.8, 4) is 11.5 Å². The highest BCUT2D eigenvalue weighted by molar-refractivity contribution is 7.86. The molecule has 3 rings (SSSR count). The molecule has 0 unspecified atom stereocenters. The molecule has 1 aliphatic heterocycles. The zero-order valence-corrected chi connectivity index (χ0v) is 19.2. The molecule has 1 aliphatic rings. The van der Waals surface area contributed by atoms with Crippen LogP contribution in [0.15, 0.2) is 48.5 Å². The van der Waals surface area contributed by atoms with Crippen LogP contribution in [-0.2, 0) is 42.0 Å². The number of methoxy groups -OCH3 is 1.